The van der Waals surface area contributed by atoms with Crippen LogP contribution in [0.1, 0.15) is 45.2 Å². The summed E-state index contributed by atoms with van der Waals surface area (Å²) in [6.45, 7) is 6.46. The van der Waals surface area contributed by atoms with Crippen LogP contribution in [-0.4, -0.2) is 34.4 Å². The van der Waals surface area contributed by atoms with Gasteiger partial charge in [-0.15, -0.1) is 22.7 Å². The Labute approximate surface area is 151 Å². The fourth-order valence-corrected chi connectivity index (χ4v) is 4.76. The topological polar surface area (TPSA) is 53.4 Å². The largest absolute Gasteiger partial charge is 0.357 e. The van der Waals surface area contributed by atoms with E-state index in [1.54, 1.807) is 11.3 Å². The van der Waals surface area contributed by atoms with Gasteiger partial charge in [0, 0.05) is 29.5 Å². The Hall–Kier alpha value is -1.47. The summed E-state index contributed by atoms with van der Waals surface area (Å²) in [5.41, 5.74) is 1.33. The molecule has 2 heterocycles. The maximum absolute atomic E-state index is 4.84. The average Bonchev–Trinajstić information content (AvgIpc) is 3.16. The van der Waals surface area contributed by atoms with Gasteiger partial charge >= 0.3 is 0 Å². The Morgan fingerprint density at radius 1 is 1.29 bits per heavy atom. The molecule has 0 spiro atoms. The lowest BCUT2D eigenvalue weighted by molar-refractivity contribution is 0.474. The third kappa shape index (κ3) is 4.33. The molecule has 5 nitrogen and oxygen atoms in total. The summed E-state index contributed by atoms with van der Waals surface area (Å²) in [5, 5.41) is 5.62. The van der Waals surface area contributed by atoms with Crippen molar-refractivity contribution in [2.75, 3.05) is 13.6 Å². The minimum Gasteiger partial charge on any atom is -0.357 e. The van der Waals surface area contributed by atoms with E-state index in [0.29, 0.717) is 6.54 Å². The number of guanidine groups is 1. The Kier molecular flexibility index (Phi) is 5.84. The molecule has 1 aliphatic carbocycles. The standard InChI is InChI=1S/C17H25N5S2/c1-4-18-17(20-10-15-19-9-12(2)23-15)22(3)11-16-21-13-7-5-6-8-14(13)24-16/h9H,4-8,10-11H2,1-3H3,(H,18,20). The highest BCUT2D eigenvalue weighted by atomic mass is 32.1. The number of thiazole rings is 2. The molecule has 24 heavy (non-hydrogen) atoms. The summed E-state index contributed by atoms with van der Waals surface area (Å²) in [7, 11) is 2.08. The van der Waals surface area contributed by atoms with E-state index in [0.717, 1.165) is 30.5 Å². The SMILES string of the molecule is CCNC(=NCc1ncc(C)s1)N(C)Cc1nc2c(s1)CCCC2. The molecule has 7 heteroatoms. The summed E-state index contributed by atoms with van der Waals surface area (Å²) >= 11 is 3.58. The van der Waals surface area contributed by atoms with Crippen LogP contribution in [0.5, 0.6) is 0 Å². The van der Waals surface area contributed by atoms with Gasteiger partial charge in [0.25, 0.3) is 0 Å². The highest BCUT2D eigenvalue weighted by molar-refractivity contribution is 7.11. The molecule has 2 aromatic rings. The normalized spacial score (nSPS) is 14.5. The van der Waals surface area contributed by atoms with Crippen LogP contribution in [0, 0.1) is 6.92 Å². The van der Waals surface area contributed by atoms with E-state index >= 15 is 0 Å². The van der Waals surface area contributed by atoms with Crippen molar-refractivity contribution in [2.24, 2.45) is 4.99 Å². The quantitative estimate of drug-likeness (QED) is 0.653. The third-order valence-electron chi connectivity index (χ3n) is 3.99. The molecule has 0 saturated heterocycles. The molecule has 3 rings (SSSR count). The Bertz CT molecular complexity index is 680. The lowest BCUT2D eigenvalue weighted by Gasteiger charge is -2.20. The lowest BCUT2D eigenvalue weighted by Crippen LogP contribution is -2.38. The van der Waals surface area contributed by atoms with E-state index in [4.69, 9.17) is 9.98 Å². The first-order chi connectivity index (χ1) is 11.7. The molecule has 0 aromatic carbocycles. The molecule has 0 bridgehead atoms. The van der Waals surface area contributed by atoms with Gasteiger partial charge in [0.05, 0.1) is 18.8 Å². The van der Waals surface area contributed by atoms with Crippen molar-refractivity contribution in [1.82, 2.24) is 20.2 Å². The number of hydrogen-bond acceptors (Lipinski definition) is 5. The number of aliphatic imine (C=N–C) groups is 1. The molecule has 0 fully saturated rings. The summed E-state index contributed by atoms with van der Waals surface area (Å²) in [6, 6.07) is 0. The number of nitrogens with zero attached hydrogens (tertiary/aromatic N) is 4. The number of aryl methyl sites for hydroxylation is 3. The Balaban J connectivity index is 1.67. The zero-order chi connectivity index (χ0) is 16.9. The molecule has 130 valence electrons. The van der Waals surface area contributed by atoms with E-state index in [9.17, 15) is 0 Å². The maximum Gasteiger partial charge on any atom is 0.194 e. The minimum absolute atomic E-state index is 0.625. The molecule has 0 atom stereocenters. The second-order valence-electron chi connectivity index (χ2n) is 6.08. The van der Waals surface area contributed by atoms with E-state index in [2.05, 4.69) is 36.1 Å². The smallest absolute Gasteiger partial charge is 0.194 e. The summed E-state index contributed by atoms with van der Waals surface area (Å²) in [6.07, 6.45) is 6.85. The second-order valence-corrected chi connectivity index (χ2v) is 8.56. The Morgan fingerprint density at radius 2 is 2.12 bits per heavy atom. The fourth-order valence-electron chi connectivity index (χ4n) is 2.84. The molecule has 0 saturated carbocycles. The molecule has 0 unspecified atom stereocenters. The van der Waals surface area contributed by atoms with Gasteiger partial charge < -0.3 is 10.2 Å². The molecule has 1 aliphatic rings. The van der Waals surface area contributed by atoms with Crippen LogP contribution in [0.4, 0.5) is 0 Å². The molecular formula is C17H25N5S2. The van der Waals surface area contributed by atoms with Gasteiger partial charge in [-0.3, -0.25) is 0 Å². The van der Waals surface area contributed by atoms with Crippen molar-refractivity contribution in [3.8, 4) is 0 Å². The first-order valence-corrected chi connectivity index (χ1v) is 10.2. The van der Waals surface area contributed by atoms with Gasteiger partial charge in [-0.05, 0) is 39.5 Å². The Morgan fingerprint density at radius 3 is 2.83 bits per heavy atom. The zero-order valence-corrected chi connectivity index (χ0v) is 16.3. The summed E-state index contributed by atoms with van der Waals surface area (Å²) in [4.78, 5) is 18.8. The van der Waals surface area contributed by atoms with Crippen LogP contribution in [0.3, 0.4) is 0 Å². The maximum atomic E-state index is 4.84. The van der Waals surface area contributed by atoms with Gasteiger partial charge in [0.2, 0.25) is 0 Å². The van der Waals surface area contributed by atoms with Gasteiger partial charge in [0.1, 0.15) is 10.0 Å². The second kappa shape index (κ2) is 8.07. The predicted octanol–water partition coefficient (Wildman–Crippen LogP) is 3.38. The van der Waals surface area contributed by atoms with Crippen molar-refractivity contribution in [2.45, 2.75) is 52.6 Å². The third-order valence-corrected chi connectivity index (χ3v) is 6.03. The van der Waals surface area contributed by atoms with Crippen molar-refractivity contribution < 1.29 is 0 Å². The molecule has 0 aliphatic heterocycles. The van der Waals surface area contributed by atoms with Gasteiger partial charge in [0.15, 0.2) is 5.96 Å². The monoisotopic (exact) mass is 363 g/mol. The first kappa shape index (κ1) is 17.4. The number of nitrogens with one attached hydrogen (secondary N) is 1. The molecule has 0 amide bonds. The van der Waals surface area contributed by atoms with Crippen molar-refractivity contribution in [3.63, 3.8) is 0 Å². The van der Waals surface area contributed by atoms with Crippen molar-refractivity contribution in [3.05, 3.63) is 31.7 Å². The van der Waals surface area contributed by atoms with Gasteiger partial charge in [-0.2, -0.15) is 0 Å². The van der Waals surface area contributed by atoms with Crippen LogP contribution in [-0.2, 0) is 25.9 Å². The summed E-state index contributed by atoms with van der Waals surface area (Å²) < 4.78 is 0. The number of rotatable bonds is 5. The van der Waals surface area contributed by atoms with Gasteiger partial charge in [-0.25, -0.2) is 15.0 Å². The number of fused-ring (bicyclic) bond motifs is 1. The summed E-state index contributed by atoms with van der Waals surface area (Å²) in [5.74, 6) is 0.915. The van der Waals surface area contributed by atoms with E-state index < -0.39 is 0 Å². The van der Waals surface area contributed by atoms with Crippen LogP contribution in [0.25, 0.3) is 0 Å². The molecule has 2 aromatic heterocycles. The van der Waals surface area contributed by atoms with Gasteiger partial charge in [-0.1, -0.05) is 0 Å². The van der Waals surface area contributed by atoms with E-state index in [-0.39, 0.29) is 0 Å². The lowest BCUT2D eigenvalue weighted by atomic mass is 10.0. The predicted molar refractivity (Wildman–Crippen MR) is 102 cm³/mol. The van der Waals surface area contributed by atoms with Crippen LogP contribution in [0.15, 0.2) is 11.2 Å². The van der Waals surface area contributed by atoms with Crippen molar-refractivity contribution in [1.29, 1.82) is 0 Å². The number of aromatic nitrogens is 2. The van der Waals surface area contributed by atoms with Crippen LogP contribution < -0.4 is 5.32 Å². The number of hydrogen-bond donors (Lipinski definition) is 1. The fraction of sp³-hybridized carbons (Fsp3) is 0.588. The molecular weight excluding hydrogens is 338 g/mol. The van der Waals surface area contributed by atoms with E-state index in [1.165, 1.54) is 39.7 Å². The zero-order valence-electron chi connectivity index (χ0n) is 14.6. The highest BCUT2D eigenvalue weighted by Gasteiger charge is 2.17. The first-order valence-electron chi connectivity index (χ1n) is 8.54. The van der Waals surface area contributed by atoms with Crippen molar-refractivity contribution >= 4 is 28.6 Å². The van der Waals surface area contributed by atoms with Crippen LogP contribution in [0.2, 0.25) is 0 Å². The van der Waals surface area contributed by atoms with Crippen LogP contribution >= 0.6 is 22.7 Å². The highest BCUT2D eigenvalue weighted by Crippen LogP contribution is 2.27. The molecule has 1 N–H and O–H groups in total. The molecule has 0 radical (unpaired) electrons. The van der Waals surface area contributed by atoms with E-state index in [1.807, 2.05) is 17.5 Å². The average molecular weight is 364 g/mol. The minimum atomic E-state index is 0.625.